The smallest absolute Gasteiger partial charge is 0.371 e. The molecule has 1 amide bonds. The van der Waals surface area contributed by atoms with Gasteiger partial charge in [-0.25, -0.2) is 8.42 Å². The topological polar surface area (TPSA) is 96.8 Å². The molecule has 5 rings (SSSR count). The van der Waals surface area contributed by atoms with Gasteiger partial charge in [-0.1, -0.05) is 12.1 Å². The lowest BCUT2D eigenvalue weighted by atomic mass is 9.93. The minimum absolute atomic E-state index is 0.0369. The van der Waals surface area contributed by atoms with E-state index < -0.39 is 38.8 Å². The first kappa shape index (κ1) is 31.0. The van der Waals surface area contributed by atoms with Crippen molar-refractivity contribution in [3.63, 3.8) is 0 Å². The molecular weight excluding hydrogens is 583 g/mol. The van der Waals surface area contributed by atoms with Crippen LogP contribution in [0.4, 0.5) is 18.9 Å². The lowest BCUT2D eigenvalue weighted by Gasteiger charge is -2.36. The number of benzene rings is 1. The van der Waals surface area contributed by atoms with Crippen LogP contribution in [-0.4, -0.2) is 67.1 Å². The highest BCUT2D eigenvalue weighted by atomic mass is 32.2. The highest BCUT2D eigenvalue weighted by Crippen LogP contribution is 2.38. The van der Waals surface area contributed by atoms with Crippen molar-refractivity contribution < 1.29 is 31.1 Å². The molecule has 2 aliphatic heterocycles. The third-order valence-corrected chi connectivity index (χ3v) is 10.2. The Labute approximate surface area is 249 Å². The van der Waals surface area contributed by atoms with Crippen molar-refractivity contribution in [1.82, 2.24) is 19.2 Å². The van der Waals surface area contributed by atoms with Crippen LogP contribution in [0.25, 0.3) is 0 Å². The summed E-state index contributed by atoms with van der Waals surface area (Å²) in [6, 6.07) is 10.7. The molecule has 0 saturated carbocycles. The van der Waals surface area contributed by atoms with Gasteiger partial charge in [-0.05, 0) is 68.5 Å². The van der Waals surface area contributed by atoms with E-state index >= 15 is 0 Å². The minimum Gasteiger partial charge on any atom is -0.371 e. The van der Waals surface area contributed by atoms with E-state index in [1.54, 1.807) is 37.6 Å². The quantitative estimate of drug-likeness (QED) is 0.360. The Morgan fingerprint density at radius 2 is 1.77 bits per heavy atom. The lowest BCUT2D eigenvalue weighted by molar-refractivity contribution is -0.140. The average molecular weight is 620 g/mol. The van der Waals surface area contributed by atoms with Crippen LogP contribution < -0.4 is 10.2 Å². The predicted octanol–water partition coefficient (Wildman–Crippen LogP) is 4.48. The Bertz CT molecular complexity index is 1490. The number of rotatable bonds is 10. The molecule has 2 aromatic heterocycles. The van der Waals surface area contributed by atoms with E-state index in [1.807, 2.05) is 16.7 Å². The number of hydrogen-bond donors (Lipinski definition) is 1. The van der Waals surface area contributed by atoms with E-state index in [0.717, 1.165) is 60.5 Å². The van der Waals surface area contributed by atoms with Gasteiger partial charge in [0.15, 0.2) is 0 Å². The largest absolute Gasteiger partial charge is 0.417 e. The zero-order chi connectivity index (χ0) is 30.6. The standard InChI is InChI=1S/C30H36F3N5O4S/c1-22(29(39)35-15-8-23-11-17-36(18-12-23)24-9-13-34-14-10-24)42-21-27-26-6-4-16-37(26)19-20-38(27)43(40,41)28-7-3-2-5-25(28)30(31,32)33/h2-7,9-10,13-14,16,22-23,27H,8,11-12,15,17-21H2,1H3,(H,35,39). The van der Waals surface area contributed by atoms with E-state index in [-0.39, 0.29) is 25.6 Å². The van der Waals surface area contributed by atoms with Gasteiger partial charge >= 0.3 is 6.18 Å². The molecule has 13 heteroatoms. The molecule has 2 aliphatic rings. The molecule has 232 valence electrons. The molecule has 3 aromatic rings. The number of carbonyl (C=O) groups excluding carboxylic acids is 1. The van der Waals surface area contributed by atoms with Gasteiger partial charge in [0, 0.05) is 62.7 Å². The van der Waals surface area contributed by atoms with Gasteiger partial charge in [0.2, 0.25) is 15.9 Å². The first-order valence-electron chi connectivity index (χ1n) is 14.4. The average Bonchev–Trinajstić information content (AvgIpc) is 3.49. The molecule has 1 fully saturated rings. The fourth-order valence-corrected chi connectivity index (χ4v) is 7.63. The first-order valence-corrected chi connectivity index (χ1v) is 15.9. The number of nitrogens with zero attached hydrogens (tertiary/aromatic N) is 4. The maximum atomic E-state index is 13.7. The van der Waals surface area contributed by atoms with Gasteiger partial charge in [0.25, 0.3) is 0 Å². The lowest BCUT2D eigenvalue weighted by Crippen LogP contribution is -2.45. The van der Waals surface area contributed by atoms with Gasteiger partial charge < -0.3 is 19.5 Å². The Hall–Kier alpha value is -3.42. The third-order valence-electron chi connectivity index (χ3n) is 8.26. The molecular formula is C30H36F3N5O4S. The highest BCUT2D eigenvalue weighted by Gasteiger charge is 2.42. The number of anilines is 1. The summed E-state index contributed by atoms with van der Waals surface area (Å²) in [5.41, 5.74) is 0.533. The summed E-state index contributed by atoms with van der Waals surface area (Å²) in [5.74, 6) is 0.167. The van der Waals surface area contributed by atoms with Crippen LogP contribution in [0.1, 0.15) is 43.5 Å². The van der Waals surface area contributed by atoms with Crippen molar-refractivity contribution in [2.45, 2.75) is 55.9 Å². The Balaban J connectivity index is 1.17. The molecule has 1 saturated heterocycles. The highest BCUT2D eigenvalue weighted by molar-refractivity contribution is 7.89. The van der Waals surface area contributed by atoms with Crippen LogP contribution in [-0.2, 0) is 32.3 Å². The summed E-state index contributed by atoms with van der Waals surface area (Å²) >= 11 is 0. The number of amides is 1. The van der Waals surface area contributed by atoms with Gasteiger partial charge in [-0.2, -0.15) is 17.5 Å². The fourth-order valence-electron chi connectivity index (χ4n) is 5.84. The molecule has 2 unspecified atom stereocenters. The summed E-state index contributed by atoms with van der Waals surface area (Å²) in [5, 5.41) is 2.92. The minimum atomic E-state index is -4.84. The Morgan fingerprint density at radius 1 is 1.05 bits per heavy atom. The van der Waals surface area contributed by atoms with E-state index in [4.69, 9.17) is 4.74 Å². The molecule has 1 N–H and O–H groups in total. The van der Waals surface area contributed by atoms with Crippen molar-refractivity contribution in [2.24, 2.45) is 5.92 Å². The molecule has 2 atom stereocenters. The maximum Gasteiger partial charge on any atom is 0.417 e. The van der Waals surface area contributed by atoms with Crippen molar-refractivity contribution in [3.8, 4) is 0 Å². The third kappa shape index (κ3) is 7.05. The molecule has 0 bridgehead atoms. The SMILES string of the molecule is CC(OCC1c2cccn2CCN1S(=O)(=O)c1ccccc1C(F)(F)F)C(=O)NCCC1CCN(c2ccncc2)CC1. The number of nitrogens with one attached hydrogen (secondary N) is 1. The Morgan fingerprint density at radius 3 is 2.49 bits per heavy atom. The number of fused-ring (bicyclic) bond motifs is 1. The number of piperidine rings is 1. The fraction of sp³-hybridized carbons (Fsp3) is 0.467. The molecule has 0 radical (unpaired) electrons. The van der Waals surface area contributed by atoms with Gasteiger partial charge in [0.1, 0.15) is 6.10 Å². The second-order valence-electron chi connectivity index (χ2n) is 10.9. The monoisotopic (exact) mass is 619 g/mol. The Kier molecular flexibility index (Phi) is 9.42. The summed E-state index contributed by atoms with van der Waals surface area (Å²) in [4.78, 5) is 18.4. The van der Waals surface area contributed by atoms with Crippen LogP contribution in [0.15, 0.2) is 72.0 Å². The summed E-state index contributed by atoms with van der Waals surface area (Å²) in [6.07, 6.45) is 2.52. The molecule has 9 nitrogen and oxygen atoms in total. The van der Waals surface area contributed by atoms with E-state index in [0.29, 0.717) is 18.2 Å². The number of halogens is 3. The second-order valence-corrected chi connectivity index (χ2v) is 12.8. The molecule has 43 heavy (non-hydrogen) atoms. The zero-order valence-corrected chi connectivity index (χ0v) is 24.7. The van der Waals surface area contributed by atoms with Crippen molar-refractivity contribution in [3.05, 3.63) is 78.4 Å². The van der Waals surface area contributed by atoms with Crippen molar-refractivity contribution in [2.75, 3.05) is 37.7 Å². The summed E-state index contributed by atoms with van der Waals surface area (Å²) in [6.45, 7) is 4.01. The van der Waals surface area contributed by atoms with E-state index in [2.05, 4.69) is 15.2 Å². The van der Waals surface area contributed by atoms with E-state index in [1.165, 1.54) is 6.07 Å². The summed E-state index contributed by atoms with van der Waals surface area (Å²) < 4.78 is 77.2. The van der Waals surface area contributed by atoms with Crippen molar-refractivity contribution >= 4 is 21.6 Å². The number of alkyl halides is 3. The molecule has 0 spiro atoms. The molecule has 1 aromatic carbocycles. The van der Waals surface area contributed by atoms with Crippen LogP contribution >= 0.6 is 0 Å². The maximum absolute atomic E-state index is 13.7. The molecule has 0 aliphatic carbocycles. The summed E-state index contributed by atoms with van der Waals surface area (Å²) in [7, 11) is -4.55. The van der Waals surface area contributed by atoms with Crippen LogP contribution in [0.3, 0.4) is 0 Å². The first-order chi connectivity index (χ1) is 20.6. The van der Waals surface area contributed by atoms with E-state index in [9.17, 15) is 26.4 Å². The number of ether oxygens (including phenoxy) is 1. The number of aromatic nitrogens is 2. The predicted molar refractivity (Wildman–Crippen MR) is 155 cm³/mol. The zero-order valence-electron chi connectivity index (χ0n) is 23.9. The van der Waals surface area contributed by atoms with Gasteiger partial charge in [0.05, 0.1) is 23.1 Å². The number of pyridine rings is 1. The number of hydrogen-bond acceptors (Lipinski definition) is 6. The van der Waals surface area contributed by atoms with Crippen LogP contribution in [0.2, 0.25) is 0 Å². The number of carbonyl (C=O) groups is 1. The second kappa shape index (κ2) is 13.1. The van der Waals surface area contributed by atoms with Crippen molar-refractivity contribution in [1.29, 1.82) is 0 Å². The van der Waals surface area contributed by atoms with Gasteiger partial charge in [-0.3, -0.25) is 9.78 Å². The van der Waals surface area contributed by atoms with Crippen LogP contribution in [0.5, 0.6) is 0 Å². The van der Waals surface area contributed by atoms with Gasteiger partial charge in [-0.15, -0.1) is 0 Å². The molecule has 4 heterocycles. The normalized spacial score (nSPS) is 19.2. The van der Waals surface area contributed by atoms with Crippen LogP contribution in [0, 0.1) is 5.92 Å². The number of sulfonamides is 1.